The summed E-state index contributed by atoms with van der Waals surface area (Å²) in [5, 5.41) is 0. The second kappa shape index (κ2) is 11.7. The predicted octanol–water partition coefficient (Wildman–Crippen LogP) is 5.37. The molecule has 0 fully saturated rings. The van der Waals surface area contributed by atoms with Gasteiger partial charge >= 0.3 is 5.97 Å². The number of amidine groups is 1. The van der Waals surface area contributed by atoms with Crippen molar-refractivity contribution in [3.05, 3.63) is 36.1 Å². The number of methoxy groups -OCH3 is 1. The van der Waals surface area contributed by atoms with E-state index in [9.17, 15) is 4.79 Å². The summed E-state index contributed by atoms with van der Waals surface area (Å²) in [5.41, 5.74) is 3.00. The number of carbonyl (C=O) groups excluding carboxylic acids is 1. The van der Waals surface area contributed by atoms with E-state index in [4.69, 9.17) is 22.1 Å². The molecule has 0 spiro atoms. The minimum Gasteiger partial charge on any atom is -0.466 e. The van der Waals surface area contributed by atoms with E-state index < -0.39 is 11.6 Å². The van der Waals surface area contributed by atoms with Crippen molar-refractivity contribution in [2.24, 2.45) is 10.5 Å². The zero-order chi connectivity index (χ0) is 19.6. The van der Waals surface area contributed by atoms with Crippen LogP contribution in [0.15, 0.2) is 50.7 Å². The molecule has 1 aromatic rings. The lowest BCUT2D eigenvalue weighted by atomic mass is 10.4. The topological polar surface area (TPSA) is 73.9 Å². The van der Waals surface area contributed by atoms with Crippen molar-refractivity contribution in [1.82, 2.24) is 0 Å². The molecule has 0 saturated heterocycles. The highest BCUT2D eigenvalue weighted by Gasteiger charge is 2.21. The van der Waals surface area contributed by atoms with Crippen molar-refractivity contribution in [2.75, 3.05) is 12.9 Å². The van der Waals surface area contributed by atoms with Crippen molar-refractivity contribution in [2.45, 2.75) is 43.4 Å². The largest absolute Gasteiger partial charge is 0.466 e. The summed E-state index contributed by atoms with van der Waals surface area (Å²) in [6.07, 6.45) is 3.64. The predicted molar refractivity (Wildman–Crippen MR) is 116 cm³/mol. The van der Waals surface area contributed by atoms with Gasteiger partial charge in [0.15, 0.2) is 0 Å². The van der Waals surface area contributed by atoms with Crippen molar-refractivity contribution in [1.29, 1.82) is 0 Å². The quantitative estimate of drug-likeness (QED) is 0.0779. The standard InChI is InChI=1S/C17H25N2O3PS3/c1-5-6-11-25-15-7-9-16(10-8-15)26-23(24,19-14(3)18)22-13(2)12-17(20)21-4/h7-10,12H,5-6,11H2,1-4H3,(H2,18,19,24). The summed E-state index contributed by atoms with van der Waals surface area (Å²) in [6, 6.07) is 8.14. The third-order valence-electron chi connectivity index (χ3n) is 2.87. The van der Waals surface area contributed by atoms with Crippen molar-refractivity contribution < 1.29 is 14.1 Å². The van der Waals surface area contributed by atoms with E-state index in [-0.39, 0.29) is 0 Å². The molecule has 26 heavy (non-hydrogen) atoms. The van der Waals surface area contributed by atoms with Gasteiger partial charge in [0.1, 0.15) is 5.76 Å². The van der Waals surface area contributed by atoms with Crippen LogP contribution in [0.5, 0.6) is 0 Å². The zero-order valence-corrected chi connectivity index (χ0v) is 18.8. The second-order valence-corrected chi connectivity index (χ2v) is 12.7. The Kier molecular flexibility index (Phi) is 10.4. The molecular weight excluding hydrogens is 407 g/mol. The molecule has 1 aromatic carbocycles. The molecule has 0 aliphatic heterocycles. The Morgan fingerprint density at radius 3 is 2.46 bits per heavy atom. The highest BCUT2D eigenvalue weighted by molar-refractivity contribution is 8.69. The number of hydrogen-bond acceptors (Lipinski definition) is 6. The van der Waals surface area contributed by atoms with E-state index in [1.807, 2.05) is 23.9 Å². The maximum atomic E-state index is 11.4. The van der Waals surface area contributed by atoms with Gasteiger partial charge in [-0.2, -0.15) is 4.76 Å². The molecule has 9 heteroatoms. The number of unbranched alkanes of at least 4 members (excludes halogenated alkanes) is 1. The fourth-order valence-electron chi connectivity index (χ4n) is 1.75. The van der Waals surface area contributed by atoms with Crippen LogP contribution >= 0.6 is 28.8 Å². The molecule has 144 valence electrons. The summed E-state index contributed by atoms with van der Waals surface area (Å²) in [6.45, 7) is 5.49. The zero-order valence-electron chi connectivity index (χ0n) is 15.4. The van der Waals surface area contributed by atoms with Crippen LogP contribution in [0.25, 0.3) is 0 Å². The van der Waals surface area contributed by atoms with Crippen LogP contribution in [-0.2, 0) is 25.9 Å². The van der Waals surface area contributed by atoms with Crippen LogP contribution in [0, 0.1) is 0 Å². The monoisotopic (exact) mass is 432 g/mol. The molecule has 0 bridgehead atoms. The van der Waals surface area contributed by atoms with Gasteiger partial charge in [0.2, 0.25) is 0 Å². The van der Waals surface area contributed by atoms with Gasteiger partial charge in [-0.25, -0.2) is 4.79 Å². The number of nitrogens with two attached hydrogens (primary N) is 1. The molecule has 0 aliphatic carbocycles. The van der Waals surface area contributed by atoms with Gasteiger partial charge in [-0.1, -0.05) is 13.3 Å². The van der Waals surface area contributed by atoms with Gasteiger partial charge in [0.05, 0.1) is 19.0 Å². The van der Waals surface area contributed by atoms with Gasteiger partial charge in [-0.05, 0) is 73.5 Å². The lowest BCUT2D eigenvalue weighted by Crippen LogP contribution is -2.05. The molecule has 0 saturated carbocycles. The number of carbonyl (C=O) groups is 1. The van der Waals surface area contributed by atoms with Crippen LogP contribution in [-0.4, -0.2) is 24.7 Å². The van der Waals surface area contributed by atoms with Crippen LogP contribution in [0.2, 0.25) is 0 Å². The third-order valence-corrected chi connectivity index (χ3v) is 8.70. The van der Waals surface area contributed by atoms with Gasteiger partial charge < -0.3 is 15.0 Å². The first-order valence-electron chi connectivity index (χ1n) is 8.08. The molecule has 1 unspecified atom stereocenters. The number of thioether (sulfide) groups is 1. The van der Waals surface area contributed by atoms with E-state index in [0.29, 0.717) is 11.6 Å². The Hall–Kier alpha value is -0.950. The average molecular weight is 433 g/mol. The van der Waals surface area contributed by atoms with E-state index in [1.54, 1.807) is 13.8 Å². The fourth-order valence-corrected chi connectivity index (χ4v) is 7.84. The molecule has 0 amide bonds. The third kappa shape index (κ3) is 9.12. The highest BCUT2D eigenvalue weighted by atomic mass is 32.9. The number of rotatable bonds is 10. The van der Waals surface area contributed by atoms with Crippen molar-refractivity contribution in [3.63, 3.8) is 0 Å². The summed E-state index contributed by atoms with van der Waals surface area (Å²) >= 11 is 8.82. The number of nitrogens with zero attached hydrogens (tertiary/aromatic N) is 1. The first-order valence-corrected chi connectivity index (χ1v) is 13.2. The van der Waals surface area contributed by atoms with E-state index in [2.05, 4.69) is 28.6 Å². The van der Waals surface area contributed by atoms with Gasteiger partial charge in [0, 0.05) is 9.79 Å². The van der Waals surface area contributed by atoms with Gasteiger partial charge in [-0.15, -0.1) is 11.8 Å². The minimum atomic E-state index is -2.73. The Morgan fingerprint density at radius 2 is 1.92 bits per heavy atom. The van der Waals surface area contributed by atoms with Crippen molar-refractivity contribution >= 4 is 52.4 Å². The lowest BCUT2D eigenvalue weighted by molar-refractivity contribution is -0.135. The Labute approximate surface area is 169 Å². The number of esters is 1. The van der Waals surface area contributed by atoms with Gasteiger partial charge in [-0.3, -0.25) is 0 Å². The molecule has 5 nitrogen and oxygen atoms in total. The van der Waals surface area contributed by atoms with Crippen LogP contribution < -0.4 is 5.73 Å². The van der Waals surface area contributed by atoms with Crippen molar-refractivity contribution in [3.8, 4) is 0 Å². The Bertz CT molecular complexity index is 702. The maximum absolute atomic E-state index is 11.4. The average Bonchev–Trinajstić information content (AvgIpc) is 2.55. The smallest absolute Gasteiger partial charge is 0.333 e. The summed E-state index contributed by atoms with van der Waals surface area (Å²) in [7, 11) is 1.30. The maximum Gasteiger partial charge on any atom is 0.333 e. The molecule has 0 radical (unpaired) electrons. The molecule has 1 rings (SSSR count). The number of hydrogen-bond donors (Lipinski definition) is 1. The number of ether oxygens (including phenoxy) is 1. The second-order valence-electron chi connectivity index (χ2n) is 5.34. The van der Waals surface area contributed by atoms with Gasteiger partial charge in [0.25, 0.3) is 5.62 Å². The minimum absolute atomic E-state index is 0.346. The van der Waals surface area contributed by atoms with Crippen LogP contribution in [0.1, 0.15) is 33.6 Å². The summed E-state index contributed by atoms with van der Waals surface area (Å²) in [4.78, 5) is 13.5. The fraction of sp³-hybridized carbons (Fsp3) is 0.412. The number of benzene rings is 1. The Balaban J connectivity index is 2.90. The summed E-state index contributed by atoms with van der Waals surface area (Å²) in [5.74, 6) is 1.30. The molecular formula is C17H25N2O3PS3. The van der Waals surface area contributed by atoms with Crippen LogP contribution in [0.4, 0.5) is 0 Å². The first-order chi connectivity index (χ1) is 12.3. The first kappa shape index (κ1) is 23.1. The van der Waals surface area contributed by atoms with E-state index in [1.165, 1.54) is 42.3 Å². The highest BCUT2D eigenvalue weighted by Crippen LogP contribution is 2.65. The SMILES string of the molecule is CCCCSc1ccc(SP(=S)(N=C(C)N)OC(C)=CC(=O)OC)cc1. The van der Waals surface area contributed by atoms with E-state index in [0.717, 1.165) is 10.6 Å². The summed E-state index contributed by atoms with van der Waals surface area (Å²) < 4.78 is 14.7. The molecule has 0 aromatic heterocycles. The lowest BCUT2D eigenvalue weighted by Gasteiger charge is -2.19. The number of allylic oxidation sites excluding steroid dienone is 1. The molecule has 2 N–H and O–H groups in total. The van der Waals surface area contributed by atoms with Crippen LogP contribution in [0.3, 0.4) is 0 Å². The normalized spacial score (nSPS) is 14.6. The van der Waals surface area contributed by atoms with E-state index >= 15 is 0 Å². The molecule has 1 atom stereocenters. The molecule has 0 aliphatic rings. The molecule has 0 heterocycles. The Morgan fingerprint density at radius 1 is 1.31 bits per heavy atom.